The van der Waals surface area contributed by atoms with Gasteiger partial charge in [0.25, 0.3) is 5.95 Å². The van der Waals surface area contributed by atoms with Crippen LogP contribution in [0.25, 0.3) is 0 Å². The lowest BCUT2D eigenvalue weighted by Crippen LogP contribution is -2.17. The van der Waals surface area contributed by atoms with Crippen molar-refractivity contribution in [2.45, 2.75) is 6.42 Å². The van der Waals surface area contributed by atoms with E-state index < -0.39 is 0 Å². The summed E-state index contributed by atoms with van der Waals surface area (Å²) in [6.45, 7) is 0.865. The van der Waals surface area contributed by atoms with Crippen LogP contribution in [-0.4, -0.2) is 28.8 Å². The van der Waals surface area contributed by atoms with Crippen LogP contribution in [0.1, 0.15) is 5.56 Å². The average Bonchev–Trinajstić information content (AvgIpc) is 3.06. The molecule has 4 rings (SSSR count). The van der Waals surface area contributed by atoms with Crippen LogP contribution < -0.4 is 15.0 Å². The molecule has 2 heterocycles. The van der Waals surface area contributed by atoms with Crippen molar-refractivity contribution in [3.63, 3.8) is 0 Å². The highest BCUT2D eigenvalue weighted by atomic mass is 16.5. The Hall–Kier alpha value is -3.15. The van der Waals surface area contributed by atoms with Crippen LogP contribution in [0, 0.1) is 0 Å². The van der Waals surface area contributed by atoms with Crippen molar-refractivity contribution in [2.75, 3.05) is 23.9 Å². The molecule has 0 saturated carbocycles. The van der Waals surface area contributed by atoms with E-state index in [0.717, 1.165) is 30.1 Å². The van der Waals surface area contributed by atoms with Gasteiger partial charge >= 0.3 is 0 Å². The Morgan fingerprint density at radius 1 is 1.12 bits per heavy atom. The lowest BCUT2D eigenvalue weighted by atomic mass is 10.2. The summed E-state index contributed by atoms with van der Waals surface area (Å²) in [5.74, 6) is 2.04. The zero-order valence-electron chi connectivity index (χ0n) is 13.3. The predicted octanol–water partition coefficient (Wildman–Crippen LogP) is 3.32. The van der Waals surface area contributed by atoms with E-state index in [1.807, 2.05) is 30.3 Å². The second kappa shape index (κ2) is 6.16. The topological polar surface area (TPSA) is 63.2 Å². The first kappa shape index (κ1) is 14.4. The highest BCUT2D eigenvalue weighted by Gasteiger charge is 2.22. The number of hydrogen-bond acceptors (Lipinski definition) is 6. The molecular formula is C18H17N5O. The molecule has 0 bridgehead atoms. The number of rotatable bonds is 4. The van der Waals surface area contributed by atoms with Crippen LogP contribution in [0.4, 0.5) is 23.1 Å². The van der Waals surface area contributed by atoms with E-state index in [4.69, 9.17) is 4.74 Å². The lowest BCUT2D eigenvalue weighted by molar-refractivity contribution is 0.415. The van der Waals surface area contributed by atoms with Gasteiger partial charge in [-0.25, -0.2) is 0 Å². The summed E-state index contributed by atoms with van der Waals surface area (Å²) in [4.78, 5) is 6.70. The quantitative estimate of drug-likeness (QED) is 0.796. The Kier molecular flexibility index (Phi) is 3.70. The molecule has 1 aliphatic heterocycles. The SMILES string of the molecule is COc1cccc(Nc2cnnc(N3CCc4ccccc43)n2)c1. The minimum atomic E-state index is 0.604. The maximum atomic E-state index is 5.24. The molecule has 2 aromatic carbocycles. The van der Waals surface area contributed by atoms with Gasteiger partial charge in [0, 0.05) is 24.0 Å². The summed E-state index contributed by atoms with van der Waals surface area (Å²) >= 11 is 0. The molecule has 24 heavy (non-hydrogen) atoms. The van der Waals surface area contributed by atoms with Gasteiger partial charge in [0.1, 0.15) is 5.75 Å². The molecule has 6 heteroatoms. The van der Waals surface area contributed by atoms with Gasteiger partial charge in [-0.2, -0.15) is 10.1 Å². The van der Waals surface area contributed by atoms with Crippen molar-refractivity contribution in [3.8, 4) is 5.75 Å². The third kappa shape index (κ3) is 2.74. The van der Waals surface area contributed by atoms with Gasteiger partial charge in [0.2, 0.25) is 0 Å². The van der Waals surface area contributed by atoms with Gasteiger partial charge in [-0.15, -0.1) is 5.10 Å². The Labute approximate surface area is 140 Å². The number of ether oxygens (including phenoxy) is 1. The van der Waals surface area contributed by atoms with Gasteiger partial charge in [-0.1, -0.05) is 24.3 Å². The summed E-state index contributed by atoms with van der Waals surface area (Å²) < 4.78 is 5.24. The van der Waals surface area contributed by atoms with Crippen LogP contribution >= 0.6 is 0 Å². The Morgan fingerprint density at radius 3 is 2.96 bits per heavy atom. The number of aromatic nitrogens is 3. The summed E-state index contributed by atoms with van der Waals surface area (Å²) in [7, 11) is 1.65. The monoisotopic (exact) mass is 319 g/mol. The first-order valence-corrected chi connectivity index (χ1v) is 7.80. The summed E-state index contributed by atoms with van der Waals surface area (Å²) in [5.41, 5.74) is 3.35. The zero-order valence-corrected chi connectivity index (χ0v) is 13.3. The van der Waals surface area contributed by atoms with Crippen molar-refractivity contribution >= 4 is 23.1 Å². The second-order valence-corrected chi connectivity index (χ2v) is 5.53. The molecule has 120 valence electrons. The Balaban J connectivity index is 1.60. The number of para-hydroxylation sites is 1. The van der Waals surface area contributed by atoms with Crippen molar-refractivity contribution in [1.29, 1.82) is 0 Å². The molecule has 3 aromatic rings. The van der Waals surface area contributed by atoms with E-state index in [0.29, 0.717) is 11.8 Å². The van der Waals surface area contributed by atoms with Crippen molar-refractivity contribution in [3.05, 3.63) is 60.3 Å². The maximum Gasteiger partial charge on any atom is 0.251 e. The van der Waals surface area contributed by atoms with Gasteiger partial charge in [-0.05, 0) is 30.2 Å². The molecule has 6 nitrogen and oxygen atoms in total. The number of anilines is 4. The van der Waals surface area contributed by atoms with Crippen molar-refractivity contribution in [1.82, 2.24) is 15.2 Å². The van der Waals surface area contributed by atoms with E-state index in [-0.39, 0.29) is 0 Å². The Morgan fingerprint density at radius 2 is 2.04 bits per heavy atom. The minimum Gasteiger partial charge on any atom is -0.497 e. The van der Waals surface area contributed by atoms with E-state index in [1.54, 1.807) is 13.3 Å². The molecule has 1 N–H and O–H groups in total. The third-order valence-corrected chi connectivity index (χ3v) is 4.02. The molecule has 0 amide bonds. The van der Waals surface area contributed by atoms with Crippen LogP contribution in [0.15, 0.2) is 54.7 Å². The number of benzene rings is 2. The van der Waals surface area contributed by atoms with E-state index in [9.17, 15) is 0 Å². The highest BCUT2D eigenvalue weighted by molar-refractivity contribution is 5.66. The van der Waals surface area contributed by atoms with Crippen LogP contribution in [0.3, 0.4) is 0 Å². The largest absolute Gasteiger partial charge is 0.497 e. The Bertz CT molecular complexity index is 867. The van der Waals surface area contributed by atoms with Crippen LogP contribution in [0.5, 0.6) is 5.75 Å². The first-order chi connectivity index (χ1) is 11.8. The molecule has 0 fully saturated rings. The lowest BCUT2D eigenvalue weighted by Gasteiger charge is -2.17. The van der Waals surface area contributed by atoms with E-state index >= 15 is 0 Å². The number of hydrogen-bond donors (Lipinski definition) is 1. The highest BCUT2D eigenvalue weighted by Crippen LogP contribution is 2.32. The normalized spacial score (nSPS) is 12.8. The average molecular weight is 319 g/mol. The van der Waals surface area contributed by atoms with Gasteiger partial charge in [-0.3, -0.25) is 0 Å². The molecule has 0 unspecified atom stereocenters. The fourth-order valence-electron chi connectivity index (χ4n) is 2.86. The molecule has 0 radical (unpaired) electrons. The summed E-state index contributed by atoms with van der Waals surface area (Å²) in [6, 6.07) is 16.0. The van der Waals surface area contributed by atoms with Gasteiger partial charge < -0.3 is 15.0 Å². The van der Waals surface area contributed by atoms with Crippen molar-refractivity contribution in [2.24, 2.45) is 0 Å². The second-order valence-electron chi connectivity index (χ2n) is 5.53. The molecule has 1 aliphatic rings. The predicted molar refractivity (Wildman–Crippen MR) is 93.3 cm³/mol. The number of nitrogens with one attached hydrogen (secondary N) is 1. The fourth-order valence-corrected chi connectivity index (χ4v) is 2.86. The third-order valence-electron chi connectivity index (χ3n) is 4.02. The molecule has 0 atom stereocenters. The molecule has 1 aromatic heterocycles. The smallest absolute Gasteiger partial charge is 0.251 e. The van der Waals surface area contributed by atoms with E-state index in [2.05, 4.69) is 43.6 Å². The fraction of sp³-hybridized carbons (Fsp3) is 0.167. The summed E-state index contributed by atoms with van der Waals surface area (Å²) in [6.07, 6.45) is 2.61. The number of fused-ring (bicyclic) bond motifs is 1. The standard InChI is InChI=1S/C18H17N5O/c1-24-15-7-4-6-14(11-15)20-17-12-19-22-18(21-17)23-10-9-13-5-2-3-8-16(13)23/h2-8,11-12H,9-10H2,1H3,(H,20,21,22). The molecular weight excluding hydrogens is 302 g/mol. The van der Waals surface area contributed by atoms with Crippen molar-refractivity contribution < 1.29 is 4.74 Å². The number of methoxy groups -OCH3 is 1. The van der Waals surface area contributed by atoms with Crippen LogP contribution in [-0.2, 0) is 6.42 Å². The zero-order chi connectivity index (χ0) is 16.4. The minimum absolute atomic E-state index is 0.604. The maximum absolute atomic E-state index is 5.24. The van der Waals surface area contributed by atoms with Gasteiger partial charge in [0.15, 0.2) is 5.82 Å². The van der Waals surface area contributed by atoms with Gasteiger partial charge in [0.05, 0.1) is 13.3 Å². The number of nitrogens with zero attached hydrogens (tertiary/aromatic N) is 4. The summed E-state index contributed by atoms with van der Waals surface area (Å²) in [5, 5.41) is 11.5. The molecule has 0 saturated heterocycles. The van der Waals surface area contributed by atoms with E-state index in [1.165, 1.54) is 5.56 Å². The molecule has 0 spiro atoms. The first-order valence-electron chi connectivity index (χ1n) is 7.80. The van der Waals surface area contributed by atoms with Crippen LogP contribution in [0.2, 0.25) is 0 Å². The molecule has 0 aliphatic carbocycles.